The summed E-state index contributed by atoms with van der Waals surface area (Å²) in [6, 6.07) is 7.68. The van der Waals surface area contributed by atoms with Crippen molar-refractivity contribution >= 4 is 5.69 Å². The molecular weight excluding hydrogens is 190 g/mol. The maximum absolute atomic E-state index is 4.89. The first-order valence-electron chi connectivity index (χ1n) is 4.44. The zero-order chi connectivity index (χ0) is 10.9. The molecule has 2 aromatic rings. The minimum Gasteiger partial charge on any atom is -0.351 e. The molecule has 0 saturated heterocycles. The van der Waals surface area contributed by atoms with Crippen LogP contribution in [0, 0.1) is 6.92 Å². The van der Waals surface area contributed by atoms with Crippen molar-refractivity contribution < 1.29 is 0 Å². The molecule has 0 unspecified atom stereocenters. The molecule has 1 heterocycles. The summed E-state index contributed by atoms with van der Waals surface area (Å²) in [6.07, 6.45) is 5.08. The van der Waals surface area contributed by atoms with E-state index in [0.29, 0.717) is 0 Å². The Kier molecular flexibility index (Phi) is 4.59. The van der Waals surface area contributed by atoms with Gasteiger partial charge in [0.05, 0.1) is 12.0 Å². The highest BCUT2D eigenvalue weighted by molar-refractivity contribution is 5.43. The van der Waals surface area contributed by atoms with Gasteiger partial charge in [-0.05, 0) is 18.6 Å². The Hall–Kier alpha value is -2.17. The van der Waals surface area contributed by atoms with Gasteiger partial charge >= 0.3 is 0 Å². The molecule has 0 aliphatic carbocycles. The van der Waals surface area contributed by atoms with E-state index in [9.17, 15) is 0 Å². The number of H-pyrrole nitrogens is 1. The van der Waals surface area contributed by atoms with Gasteiger partial charge in [0, 0.05) is 12.4 Å². The molecule has 1 aromatic heterocycles. The molecule has 0 atom stereocenters. The van der Waals surface area contributed by atoms with Gasteiger partial charge in [-0.15, -0.1) is 5.11 Å². The van der Waals surface area contributed by atoms with E-state index in [1.165, 1.54) is 0 Å². The van der Waals surface area contributed by atoms with Crippen molar-refractivity contribution in [2.24, 2.45) is 16.2 Å². The van der Waals surface area contributed by atoms with Crippen LogP contribution in [0.4, 0.5) is 5.69 Å². The maximum atomic E-state index is 4.89. The fourth-order valence-electron chi connectivity index (χ4n) is 0.953. The van der Waals surface area contributed by atoms with Crippen LogP contribution in [0.1, 0.15) is 5.56 Å². The lowest BCUT2D eigenvalue weighted by atomic mass is 10.2. The number of nitrogens with one attached hydrogen (secondary N) is 1. The van der Waals surface area contributed by atoms with Crippen molar-refractivity contribution in [2.75, 3.05) is 0 Å². The minimum absolute atomic E-state index is 0.824. The molecule has 2 rings (SSSR count). The molecule has 1 aromatic carbocycles. The predicted molar refractivity (Wildman–Crippen MR) is 58.5 cm³/mol. The van der Waals surface area contributed by atoms with Crippen molar-refractivity contribution in [3.05, 3.63) is 48.5 Å². The molecular formula is C10H13N5. The van der Waals surface area contributed by atoms with E-state index in [0.717, 1.165) is 11.3 Å². The Morgan fingerprint density at radius 3 is 2.60 bits per heavy atom. The average molecular weight is 203 g/mol. The largest absolute Gasteiger partial charge is 0.351 e. The lowest BCUT2D eigenvalue weighted by Gasteiger charge is -1.93. The van der Waals surface area contributed by atoms with Gasteiger partial charge in [0.1, 0.15) is 0 Å². The first-order chi connectivity index (χ1) is 7.34. The minimum atomic E-state index is 0.824. The van der Waals surface area contributed by atoms with Gasteiger partial charge in [-0.25, -0.2) is 4.98 Å². The van der Waals surface area contributed by atoms with Gasteiger partial charge in [-0.3, -0.25) is 0 Å². The van der Waals surface area contributed by atoms with Crippen LogP contribution in [-0.2, 0) is 0 Å². The van der Waals surface area contributed by atoms with Crippen LogP contribution < -0.4 is 5.84 Å². The lowest BCUT2D eigenvalue weighted by Crippen LogP contribution is -1.76. The molecule has 0 aliphatic heterocycles. The second kappa shape index (κ2) is 6.31. The van der Waals surface area contributed by atoms with Gasteiger partial charge in [-0.1, -0.05) is 23.4 Å². The summed E-state index contributed by atoms with van der Waals surface area (Å²) in [5.74, 6) is 4.89. The van der Waals surface area contributed by atoms with Crippen molar-refractivity contribution in [2.45, 2.75) is 6.92 Å². The normalized spacial score (nSPS) is 9.67. The molecule has 0 bridgehead atoms. The summed E-state index contributed by atoms with van der Waals surface area (Å²) >= 11 is 0. The van der Waals surface area contributed by atoms with Crippen molar-refractivity contribution in [3.63, 3.8) is 0 Å². The molecule has 78 valence electrons. The second-order valence-electron chi connectivity index (χ2n) is 2.76. The fraction of sp³-hybridized carbons (Fsp3) is 0.100. The zero-order valence-electron chi connectivity index (χ0n) is 8.46. The molecule has 3 N–H and O–H groups in total. The third-order valence-corrected chi connectivity index (χ3v) is 1.69. The van der Waals surface area contributed by atoms with Gasteiger partial charge in [-0.2, -0.15) is 0 Å². The van der Waals surface area contributed by atoms with Gasteiger partial charge < -0.3 is 10.8 Å². The highest BCUT2D eigenvalue weighted by Gasteiger charge is 1.90. The zero-order valence-corrected chi connectivity index (χ0v) is 8.46. The number of aromatic amines is 1. The molecule has 0 spiro atoms. The van der Waals surface area contributed by atoms with E-state index >= 15 is 0 Å². The number of aromatic nitrogens is 2. The molecule has 0 amide bonds. The van der Waals surface area contributed by atoms with Gasteiger partial charge in [0.2, 0.25) is 0 Å². The number of benzene rings is 1. The molecule has 5 nitrogen and oxygen atoms in total. The third kappa shape index (κ3) is 4.04. The lowest BCUT2D eigenvalue weighted by molar-refractivity contribution is 1.05. The van der Waals surface area contributed by atoms with E-state index in [-0.39, 0.29) is 0 Å². The summed E-state index contributed by atoms with van der Waals surface area (Å²) < 4.78 is 0. The molecule has 0 saturated carbocycles. The molecule has 0 aliphatic rings. The third-order valence-electron chi connectivity index (χ3n) is 1.69. The van der Waals surface area contributed by atoms with Crippen LogP contribution in [0.5, 0.6) is 0 Å². The second-order valence-corrected chi connectivity index (χ2v) is 2.76. The summed E-state index contributed by atoms with van der Waals surface area (Å²) in [4.78, 5) is 6.42. The van der Waals surface area contributed by atoms with Gasteiger partial charge in [0.15, 0.2) is 0 Å². The van der Waals surface area contributed by atoms with E-state index in [2.05, 4.69) is 20.3 Å². The number of hydrogen-bond acceptors (Lipinski definition) is 3. The number of nitrogens with zero attached hydrogens (tertiary/aromatic N) is 3. The van der Waals surface area contributed by atoms with Crippen LogP contribution in [0.2, 0.25) is 0 Å². The Morgan fingerprint density at radius 1 is 1.33 bits per heavy atom. The number of rotatable bonds is 1. The first kappa shape index (κ1) is 10.9. The summed E-state index contributed by atoms with van der Waals surface area (Å²) in [7, 11) is 0. The fourth-order valence-corrected chi connectivity index (χ4v) is 0.953. The van der Waals surface area contributed by atoms with E-state index in [4.69, 9.17) is 5.84 Å². The SMILES string of the molecule is Cc1ccccc1N=NN.c1c[nH]cn1. The number of aryl methyl sites for hydroxylation is 1. The summed E-state index contributed by atoms with van der Waals surface area (Å²) in [5.41, 5.74) is 1.90. The Labute approximate surface area is 88.0 Å². The standard InChI is InChI=1S/C7H9N3.C3H4N2/c1-6-4-2-3-5-7(6)9-10-8;1-2-5-3-4-1/h2-5H,1H3,(H2,8,9);1-3H,(H,4,5). The Morgan fingerprint density at radius 2 is 2.13 bits per heavy atom. The van der Waals surface area contributed by atoms with Crippen LogP contribution in [-0.4, -0.2) is 9.97 Å². The molecule has 0 radical (unpaired) electrons. The van der Waals surface area contributed by atoms with Crippen molar-refractivity contribution in [1.29, 1.82) is 0 Å². The first-order valence-corrected chi connectivity index (χ1v) is 4.44. The van der Waals surface area contributed by atoms with Crippen LogP contribution in [0.15, 0.2) is 53.3 Å². The van der Waals surface area contributed by atoms with Crippen molar-refractivity contribution in [3.8, 4) is 0 Å². The quantitative estimate of drug-likeness (QED) is 0.424. The predicted octanol–water partition coefficient (Wildman–Crippen LogP) is 2.36. The highest BCUT2D eigenvalue weighted by atomic mass is 15.3. The number of hydrogen-bond donors (Lipinski definition) is 2. The van der Waals surface area contributed by atoms with E-state index in [1.807, 2.05) is 31.2 Å². The van der Waals surface area contributed by atoms with E-state index < -0.39 is 0 Å². The smallest absolute Gasteiger partial charge is 0.0919 e. The van der Waals surface area contributed by atoms with Crippen LogP contribution in [0.3, 0.4) is 0 Å². The Bertz CT molecular complexity index is 377. The van der Waals surface area contributed by atoms with Crippen molar-refractivity contribution in [1.82, 2.24) is 9.97 Å². The van der Waals surface area contributed by atoms with E-state index in [1.54, 1.807) is 18.7 Å². The maximum Gasteiger partial charge on any atom is 0.0919 e. The monoisotopic (exact) mass is 203 g/mol. The summed E-state index contributed by atoms with van der Waals surface area (Å²) in [6.45, 7) is 1.96. The topological polar surface area (TPSA) is 79.4 Å². The van der Waals surface area contributed by atoms with Crippen LogP contribution >= 0.6 is 0 Å². The summed E-state index contributed by atoms with van der Waals surface area (Å²) in [5, 5.41) is 6.90. The van der Waals surface area contributed by atoms with Crippen LogP contribution in [0.25, 0.3) is 0 Å². The molecule has 5 heteroatoms. The Balaban J connectivity index is 0.000000187. The molecule has 15 heavy (non-hydrogen) atoms. The average Bonchev–Trinajstić information content (AvgIpc) is 2.80. The highest BCUT2D eigenvalue weighted by Crippen LogP contribution is 2.16. The molecule has 0 fully saturated rings. The number of nitrogens with two attached hydrogens (primary N) is 1. The van der Waals surface area contributed by atoms with Gasteiger partial charge in [0.25, 0.3) is 0 Å². The number of imidazole rings is 1.